The van der Waals surface area contributed by atoms with E-state index in [1.54, 1.807) is 23.1 Å². The number of thioether (sulfide) groups is 1. The summed E-state index contributed by atoms with van der Waals surface area (Å²) in [6.45, 7) is 7.53. The highest BCUT2D eigenvalue weighted by molar-refractivity contribution is 7.98. The average Bonchev–Trinajstić information content (AvgIpc) is 3.40. The van der Waals surface area contributed by atoms with Crippen LogP contribution in [-0.2, 0) is 4.74 Å². The topological polar surface area (TPSA) is 41.6 Å². The summed E-state index contributed by atoms with van der Waals surface area (Å²) in [5, 5.41) is 6.10. The van der Waals surface area contributed by atoms with Crippen molar-refractivity contribution in [1.82, 2.24) is 4.90 Å². The molecule has 1 N–H and O–H groups in total. The van der Waals surface area contributed by atoms with Crippen molar-refractivity contribution in [3.63, 3.8) is 0 Å². The number of anilines is 1. The van der Waals surface area contributed by atoms with Gasteiger partial charge in [0.2, 0.25) is 0 Å². The van der Waals surface area contributed by atoms with Crippen LogP contribution in [0.4, 0.5) is 5.00 Å². The van der Waals surface area contributed by atoms with E-state index in [4.69, 9.17) is 4.74 Å². The summed E-state index contributed by atoms with van der Waals surface area (Å²) in [5.41, 5.74) is 3.72. The summed E-state index contributed by atoms with van der Waals surface area (Å²) >= 11 is 4.89. The fourth-order valence-electron chi connectivity index (χ4n) is 3.82. The van der Waals surface area contributed by atoms with E-state index in [0.29, 0.717) is 0 Å². The van der Waals surface area contributed by atoms with Crippen molar-refractivity contribution in [2.45, 2.75) is 24.8 Å². The Morgan fingerprint density at radius 3 is 2.53 bits per heavy atom. The van der Waals surface area contributed by atoms with E-state index in [-0.39, 0.29) is 11.9 Å². The standard InChI is InChI=1S/C23H26N2O2S3/c1-15-16(2)30-23(24-22(26)19-5-4-14-29-19)20(15)21(25-10-12-27-13-11-25)17-6-8-18(28-3)9-7-17/h4-9,14,21H,10-13H2,1-3H3,(H,24,26)/t21-/m0/s1. The Bertz CT molecular complexity index is 990. The molecule has 1 aromatic carbocycles. The molecule has 30 heavy (non-hydrogen) atoms. The molecule has 3 aromatic rings. The number of thiophene rings is 2. The molecule has 1 fully saturated rings. The number of nitrogens with zero attached hydrogens (tertiary/aromatic N) is 1. The third-order valence-corrected chi connectivity index (χ3v) is 8.27. The molecule has 7 heteroatoms. The van der Waals surface area contributed by atoms with Crippen LogP contribution >= 0.6 is 34.4 Å². The molecule has 0 spiro atoms. The molecule has 158 valence electrons. The number of hydrogen-bond acceptors (Lipinski definition) is 6. The minimum Gasteiger partial charge on any atom is -0.379 e. The van der Waals surface area contributed by atoms with Gasteiger partial charge in [-0.2, -0.15) is 0 Å². The number of amides is 1. The monoisotopic (exact) mass is 458 g/mol. The minimum atomic E-state index is -0.0361. The van der Waals surface area contributed by atoms with Gasteiger partial charge >= 0.3 is 0 Å². The summed E-state index contributed by atoms with van der Waals surface area (Å²) < 4.78 is 5.63. The predicted octanol–water partition coefficient (Wildman–Crippen LogP) is 5.82. The Balaban J connectivity index is 1.76. The highest BCUT2D eigenvalue weighted by Gasteiger charge is 2.30. The quantitative estimate of drug-likeness (QED) is 0.473. The molecule has 1 saturated heterocycles. The van der Waals surface area contributed by atoms with Crippen LogP contribution < -0.4 is 5.32 Å². The molecule has 0 saturated carbocycles. The van der Waals surface area contributed by atoms with Crippen LogP contribution in [-0.4, -0.2) is 43.4 Å². The fraction of sp³-hybridized carbons (Fsp3) is 0.348. The second-order valence-electron chi connectivity index (χ2n) is 7.28. The third-order valence-electron chi connectivity index (χ3n) is 5.52. The van der Waals surface area contributed by atoms with Gasteiger partial charge in [-0.15, -0.1) is 34.4 Å². The first-order valence-corrected chi connectivity index (χ1v) is 12.9. The van der Waals surface area contributed by atoms with Crippen molar-refractivity contribution in [3.05, 3.63) is 68.2 Å². The highest BCUT2D eigenvalue weighted by atomic mass is 32.2. The van der Waals surface area contributed by atoms with Crippen LogP contribution in [0.2, 0.25) is 0 Å². The number of carbonyl (C=O) groups excluding carboxylic acids is 1. The van der Waals surface area contributed by atoms with Gasteiger partial charge in [-0.1, -0.05) is 18.2 Å². The predicted molar refractivity (Wildman–Crippen MR) is 129 cm³/mol. The van der Waals surface area contributed by atoms with Gasteiger partial charge in [-0.25, -0.2) is 0 Å². The van der Waals surface area contributed by atoms with Crippen molar-refractivity contribution in [2.75, 3.05) is 37.9 Å². The van der Waals surface area contributed by atoms with Crippen molar-refractivity contribution < 1.29 is 9.53 Å². The first-order valence-electron chi connectivity index (χ1n) is 9.99. The third kappa shape index (κ3) is 4.50. The number of aryl methyl sites for hydroxylation is 1. The van der Waals surface area contributed by atoms with Crippen molar-refractivity contribution in [1.29, 1.82) is 0 Å². The van der Waals surface area contributed by atoms with E-state index in [2.05, 4.69) is 54.6 Å². The van der Waals surface area contributed by atoms with E-state index in [1.165, 1.54) is 37.8 Å². The molecule has 1 aliphatic heterocycles. The van der Waals surface area contributed by atoms with E-state index in [0.717, 1.165) is 36.2 Å². The molecule has 0 unspecified atom stereocenters. The van der Waals surface area contributed by atoms with Crippen LogP contribution in [0.5, 0.6) is 0 Å². The number of morpholine rings is 1. The molecular weight excluding hydrogens is 432 g/mol. The number of rotatable bonds is 6. The maximum atomic E-state index is 12.8. The zero-order chi connectivity index (χ0) is 21.1. The fourth-order valence-corrected chi connectivity index (χ4v) is 5.94. The van der Waals surface area contributed by atoms with Crippen molar-refractivity contribution >= 4 is 45.3 Å². The van der Waals surface area contributed by atoms with Crippen molar-refractivity contribution in [2.24, 2.45) is 0 Å². The highest BCUT2D eigenvalue weighted by Crippen LogP contribution is 2.43. The van der Waals surface area contributed by atoms with Gasteiger partial charge < -0.3 is 10.1 Å². The molecule has 1 atom stereocenters. The van der Waals surface area contributed by atoms with Gasteiger partial charge in [0, 0.05) is 28.4 Å². The van der Waals surface area contributed by atoms with E-state index in [1.807, 2.05) is 17.5 Å². The molecule has 3 heterocycles. The molecule has 4 nitrogen and oxygen atoms in total. The van der Waals surface area contributed by atoms with Crippen LogP contribution in [0.1, 0.15) is 37.3 Å². The Labute approximate surface area is 190 Å². The first-order chi connectivity index (χ1) is 14.6. The summed E-state index contributed by atoms with van der Waals surface area (Å²) in [6.07, 6.45) is 2.10. The number of carbonyl (C=O) groups is 1. The second-order valence-corrected chi connectivity index (χ2v) is 10.3. The lowest BCUT2D eigenvalue weighted by molar-refractivity contribution is 0.0240. The number of hydrogen-bond donors (Lipinski definition) is 1. The van der Waals surface area contributed by atoms with Gasteiger partial charge in [-0.3, -0.25) is 9.69 Å². The maximum Gasteiger partial charge on any atom is 0.266 e. The zero-order valence-corrected chi connectivity index (χ0v) is 19.9. The molecule has 0 radical (unpaired) electrons. The van der Waals surface area contributed by atoms with Gasteiger partial charge in [0.25, 0.3) is 5.91 Å². The summed E-state index contributed by atoms with van der Waals surface area (Å²) in [6, 6.07) is 12.7. The Kier molecular flexibility index (Phi) is 6.95. The number of ether oxygens (including phenoxy) is 1. The molecule has 1 amide bonds. The van der Waals surface area contributed by atoms with Gasteiger partial charge in [0.05, 0.1) is 24.1 Å². The SMILES string of the molecule is CSc1ccc([C@@H](c2c(NC(=O)c3cccs3)sc(C)c2C)N2CCOCC2)cc1. The van der Waals surface area contributed by atoms with E-state index >= 15 is 0 Å². The van der Waals surface area contributed by atoms with Gasteiger partial charge in [0.1, 0.15) is 5.00 Å². The molecular formula is C23H26N2O2S3. The lowest BCUT2D eigenvalue weighted by Gasteiger charge is -2.35. The lowest BCUT2D eigenvalue weighted by atomic mass is 9.94. The summed E-state index contributed by atoms with van der Waals surface area (Å²) in [7, 11) is 0. The lowest BCUT2D eigenvalue weighted by Crippen LogP contribution is -2.39. The smallest absolute Gasteiger partial charge is 0.266 e. The summed E-state index contributed by atoms with van der Waals surface area (Å²) in [4.78, 5) is 18.5. The van der Waals surface area contributed by atoms with Crippen LogP contribution in [0.25, 0.3) is 0 Å². The minimum absolute atomic E-state index is 0.0361. The van der Waals surface area contributed by atoms with Crippen LogP contribution in [0.15, 0.2) is 46.7 Å². The van der Waals surface area contributed by atoms with Crippen molar-refractivity contribution in [3.8, 4) is 0 Å². The van der Waals surface area contributed by atoms with Crippen LogP contribution in [0, 0.1) is 13.8 Å². The Morgan fingerprint density at radius 1 is 1.17 bits per heavy atom. The molecule has 1 aliphatic rings. The number of benzene rings is 1. The normalized spacial score (nSPS) is 15.8. The summed E-state index contributed by atoms with van der Waals surface area (Å²) in [5.74, 6) is -0.0361. The number of nitrogens with one attached hydrogen (secondary N) is 1. The zero-order valence-electron chi connectivity index (χ0n) is 17.4. The van der Waals surface area contributed by atoms with E-state index in [9.17, 15) is 4.79 Å². The molecule has 4 rings (SSSR count). The Hall–Kier alpha value is -1.64. The Morgan fingerprint density at radius 2 is 1.90 bits per heavy atom. The van der Waals surface area contributed by atoms with E-state index < -0.39 is 0 Å². The molecule has 0 aliphatic carbocycles. The first kappa shape index (κ1) is 21.6. The maximum absolute atomic E-state index is 12.8. The van der Waals surface area contributed by atoms with Gasteiger partial charge in [-0.05, 0) is 54.8 Å². The van der Waals surface area contributed by atoms with Gasteiger partial charge in [0.15, 0.2) is 0 Å². The molecule has 0 bridgehead atoms. The second kappa shape index (κ2) is 9.66. The van der Waals surface area contributed by atoms with Crippen LogP contribution in [0.3, 0.4) is 0 Å². The molecule has 2 aromatic heterocycles. The average molecular weight is 459 g/mol. The largest absolute Gasteiger partial charge is 0.379 e.